The van der Waals surface area contributed by atoms with Gasteiger partial charge in [-0.1, -0.05) is 23.2 Å². The highest BCUT2D eigenvalue weighted by Gasteiger charge is 2.11. The van der Waals surface area contributed by atoms with Gasteiger partial charge in [0.05, 0.1) is 34.1 Å². The molecule has 0 fully saturated rings. The van der Waals surface area contributed by atoms with Crippen molar-refractivity contribution in [3.05, 3.63) is 55.1 Å². The molecule has 0 spiro atoms. The monoisotopic (exact) mass is 492 g/mol. The summed E-state index contributed by atoms with van der Waals surface area (Å²) in [4.78, 5) is 12.1. The van der Waals surface area contributed by atoms with Crippen LogP contribution < -0.4 is 14.9 Å². The van der Waals surface area contributed by atoms with E-state index in [0.717, 1.165) is 9.13 Å². The van der Waals surface area contributed by atoms with Gasteiger partial charge in [-0.25, -0.2) is 5.43 Å². The number of nitrogens with zero attached hydrogens (tertiary/aromatic N) is 1. The summed E-state index contributed by atoms with van der Waals surface area (Å²) in [6.07, 6.45) is 1.52. The summed E-state index contributed by atoms with van der Waals surface area (Å²) in [5, 5.41) is 4.68. The second-order valence-corrected chi connectivity index (χ2v) is 6.80. The van der Waals surface area contributed by atoms with Crippen molar-refractivity contribution < 1.29 is 14.3 Å². The predicted molar refractivity (Wildman–Crippen MR) is 108 cm³/mol. The Kier molecular flexibility index (Phi) is 7.34. The van der Waals surface area contributed by atoms with Gasteiger partial charge in [0, 0.05) is 5.02 Å². The van der Waals surface area contributed by atoms with E-state index >= 15 is 0 Å². The Morgan fingerprint density at radius 1 is 1.32 bits per heavy atom. The minimum atomic E-state index is -0.425. The van der Waals surface area contributed by atoms with Crippen molar-refractivity contribution in [1.29, 1.82) is 0 Å². The summed E-state index contributed by atoms with van der Waals surface area (Å²) in [7, 11) is 1.59. The summed E-state index contributed by atoms with van der Waals surface area (Å²) in [6, 6.07) is 8.29. The van der Waals surface area contributed by atoms with Gasteiger partial charge in [-0.15, -0.1) is 0 Å². The first-order valence-corrected chi connectivity index (χ1v) is 9.08. The molecule has 25 heavy (non-hydrogen) atoms. The zero-order chi connectivity index (χ0) is 18.4. The smallest absolute Gasteiger partial charge is 0.272 e. The maximum atomic E-state index is 12.1. The Morgan fingerprint density at radius 2 is 2.08 bits per heavy atom. The molecule has 2 aromatic carbocycles. The average Bonchev–Trinajstić information content (AvgIpc) is 2.55. The van der Waals surface area contributed by atoms with Crippen LogP contribution in [0.5, 0.6) is 11.5 Å². The lowest BCUT2D eigenvalue weighted by molar-refractivity contribution is 0.0955. The second-order valence-electron chi connectivity index (χ2n) is 4.79. The topological polar surface area (TPSA) is 59.9 Å². The number of benzene rings is 2. The van der Waals surface area contributed by atoms with Crippen molar-refractivity contribution in [2.75, 3.05) is 13.7 Å². The third-order valence-corrected chi connectivity index (χ3v) is 4.44. The van der Waals surface area contributed by atoms with Crippen molar-refractivity contribution in [1.82, 2.24) is 5.43 Å². The van der Waals surface area contributed by atoms with Crippen LogP contribution >= 0.6 is 45.8 Å². The average molecular weight is 493 g/mol. The molecular formula is C17H15Cl2IN2O3. The van der Waals surface area contributed by atoms with Gasteiger partial charge < -0.3 is 9.47 Å². The summed E-state index contributed by atoms with van der Waals surface area (Å²) < 4.78 is 11.8. The molecule has 0 aliphatic rings. The lowest BCUT2D eigenvalue weighted by atomic mass is 10.2. The van der Waals surface area contributed by atoms with E-state index in [0.29, 0.717) is 28.7 Å². The molecule has 5 nitrogen and oxygen atoms in total. The molecule has 0 unspecified atom stereocenters. The van der Waals surface area contributed by atoms with Crippen LogP contribution in [-0.2, 0) is 0 Å². The zero-order valence-corrected chi connectivity index (χ0v) is 17.1. The lowest BCUT2D eigenvalue weighted by Crippen LogP contribution is -2.18. The normalized spacial score (nSPS) is 10.8. The van der Waals surface area contributed by atoms with E-state index in [-0.39, 0.29) is 5.02 Å². The fourth-order valence-corrected chi connectivity index (χ4v) is 3.36. The summed E-state index contributed by atoms with van der Waals surface area (Å²) in [5.41, 5.74) is 3.49. The van der Waals surface area contributed by atoms with Crippen LogP contribution in [0.1, 0.15) is 22.8 Å². The largest absolute Gasteiger partial charge is 0.492 e. The van der Waals surface area contributed by atoms with Crippen molar-refractivity contribution in [3.8, 4) is 11.5 Å². The van der Waals surface area contributed by atoms with E-state index in [2.05, 4.69) is 33.1 Å². The first kappa shape index (κ1) is 19.8. The number of hydrazone groups is 1. The van der Waals surface area contributed by atoms with Crippen molar-refractivity contribution in [2.24, 2.45) is 5.10 Å². The number of carbonyl (C=O) groups is 1. The van der Waals surface area contributed by atoms with Gasteiger partial charge in [0.15, 0.2) is 11.5 Å². The molecule has 0 radical (unpaired) electrons. The molecule has 0 saturated carbocycles. The van der Waals surface area contributed by atoms with E-state index in [1.54, 1.807) is 25.3 Å². The number of hydrogen-bond donors (Lipinski definition) is 1. The van der Waals surface area contributed by atoms with E-state index in [4.69, 9.17) is 32.7 Å². The van der Waals surface area contributed by atoms with Crippen LogP contribution in [0.2, 0.25) is 10.0 Å². The van der Waals surface area contributed by atoms with Crippen LogP contribution in [0.4, 0.5) is 0 Å². The molecule has 0 atom stereocenters. The van der Waals surface area contributed by atoms with Gasteiger partial charge in [0.2, 0.25) is 0 Å². The molecule has 0 bridgehead atoms. The molecule has 8 heteroatoms. The van der Waals surface area contributed by atoms with Gasteiger partial charge in [0.1, 0.15) is 0 Å². The van der Waals surface area contributed by atoms with Crippen molar-refractivity contribution in [3.63, 3.8) is 0 Å². The number of ether oxygens (including phenoxy) is 2. The molecule has 1 amide bonds. The molecule has 1 N–H and O–H groups in total. The number of amides is 1. The highest BCUT2D eigenvalue weighted by molar-refractivity contribution is 14.1. The third kappa shape index (κ3) is 5.23. The van der Waals surface area contributed by atoms with Gasteiger partial charge >= 0.3 is 0 Å². The molecule has 0 aliphatic carbocycles. The molecular weight excluding hydrogens is 478 g/mol. The minimum Gasteiger partial charge on any atom is -0.492 e. The highest BCUT2D eigenvalue weighted by atomic mass is 127. The Labute approximate surface area is 169 Å². The Morgan fingerprint density at radius 3 is 2.72 bits per heavy atom. The third-order valence-electron chi connectivity index (χ3n) is 3.09. The number of rotatable bonds is 6. The summed E-state index contributed by atoms with van der Waals surface area (Å²) in [5.74, 6) is 0.855. The van der Waals surface area contributed by atoms with Gasteiger partial charge in [-0.3, -0.25) is 4.79 Å². The van der Waals surface area contributed by atoms with Crippen LogP contribution in [0.3, 0.4) is 0 Å². The van der Waals surface area contributed by atoms with Crippen molar-refractivity contribution >= 4 is 57.9 Å². The molecule has 0 heterocycles. The number of methoxy groups -OCH3 is 1. The highest BCUT2D eigenvalue weighted by Crippen LogP contribution is 2.33. The first-order chi connectivity index (χ1) is 12.0. The second kappa shape index (κ2) is 9.26. The molecule has 2 aromatic rings. The maximum absolute atomic E-state index is 12.1. The summed E-state index contributed by atoms with van der Waals surface area (Å²) in [6.45, 7) is 2.40. The molecule has 2 rings (SSSR count). The molecule has 0 aromatic heterocycles. The van der Waals surface area contributed by atoms with Crippen LogP contribution in [0, 0.1) is 3.57 Å². The maximum Gasteiger partial charge on any atom is 0.272 e. The fraction of sp³-hybridized carbons (Fsp3) is 0.176. The quantitative estimate of drug-likeness (QED) is 0.359. The number of halogens is 3. The van der Waals surface area contributed by atoms with E-state index in [1.165, 1.54) is 12.3 Å². The number of hydrogen-bond acceptors (Lipinski definition) is 4. The van der Waals surface area contributed by atoms with Gasteiger partial charge in [-0.05, 0) is 65.4 Å². The Hall–Kier alpha value is -1.51. The molecule has 0 aliphatic heterocycles. The number of nitrogens with one attached hydrogen (secondary N) is 1. The van der Waals surface area contributed by atoms with Crippen LogP contribution in [0.25, 0.3) is 0 Å². The molecule has 0 saturated heterocycles. The van der Waals surface area contributed by atoms with E-state index in [9.17, 15) is 4.79 Å². The Balaban J connectivity index is 2.15. The van der Waals surface area contributed by atoms with Gasteiger partial charge in [0.25, 0.3) is 5.91 Å². The first-order valence-electron chi connectivity index (χ1n) is 7.25. The number of carbonyl (C=O) groups excluding carboxylic acids is 1. The molecule has 132 valence electrons. The predicted octanol–water partition coefficient (Wildman–Crippen LogP) is 4.77. The zero-order valence-electron chi connectivity index (χ0n) is 13.5. The summed E-state index contributed by atoms with van der Waals surface area (Å²) >= 11 is 14.0. The lowest BCUT2D eigenvalue weighted by Gasteiger charge is -2.11. The SMILES string of the molecule is CCOc1cc(/C=N\NC(=O)c2ccc(Cl)cc2Cl)cc(I)c1OC. The van der Waals surface area contributed by atoms with Gasteiger partial charge in [-0.2, -0.15) is 5.10 Å². The minimum absolute atomic E-state index is 0.262. The van der Waals surface area contributed by atoms with Crippen molar-refractivity contribution in [2.45, 2.75) is 6.92 Å². The standard InChI is InChI=1S/C17H15Cl2IN2O3/c1-3-25-15-7-10(6-14(20)16(15)24-2)9-21-22-17(23)12-5-4-11(18)8-13(12)19/h4-9H,3H2,1-2H3,(H,22,23)/b21-9-. The van der Waals surface area contributed by atoms with Crippen LogP contribution in [-0.4, -0.2) is 25.8 Å². The van der Waals surface area contributed by atoms with Crippen LogP contribution in [0.15, 0.2) is 35.4 Å². The van der Waals surface area contributed by atoms with E-state index in [1.807, 2.05) is 13.0 Å². The van der Waals surface area contributed by atoms with E-state index < -0.39 is 5.91 Å². The Bertz CT molecular complexity index is 813. The fourth-order valence-electron chi connectivity index (χ4n) is 2.02.